The van der Waals surface area contributed by atoms with Crippen LogP contribution >= 0.6 is 23.5 Å². The first-order valence-electron chi connectivity index (χ1n) is 9.00. The van der Waals surface area contributed by atoms with E-state index in [4.69, 9.17) is 4.74 Å². The molecule has 4 aromatic rings. The van der Waals surface area contributed by atoms with Crippen LogP contribution in [0.1, 0.15) is 16.8 Å². The van der Waals surface area contributed by atoms with Gasteiger partial charge in [-0.25, -0.2) is 4.98 Å². The molecule has 0 aliphatic rings. The highest BCUT2D eigenvalue weighted by atomic mass is 32.2. The van der Waals surface area contributed by atoms with E-state index in [-0.39, 0.29) is 0 Å². The fourth-order valence-electron chi connectivity index (χ4n) is 2.89. The number of aromatic amines is 1. The van der Waals surface area contributed by atoms with Crippen LogP contribution in [0.15, 0.2) is 70.8 Å². The molecule has 0 aliphatic carbocycles. The number of benzene rings is 2. The maximum absolute atomic E-state index is 5.28. The number of H-pyrrole nitrogens is 1. The minimum atomic E-state index is 0.780. The number of aromatic nitrogens is 3. The van der Waals surface area contributed by atoms with Crippen LogP contribution in [-0.4, -0.2) is 22.1 Å². The zero-order chi connectivity index (χ0) is 19.3. The van der Waals surface area contributed by atoms with Crippen molar-refractivity contribution in [3.05, 3.63) is 77.6 Å². The van der Waals surface area contributed by atoms with Gasteiger partial charge in [0.1, 0.15) is 5.75 Å². The van der Waals surface area contributed by atoms with Crippen molar-refractivity contribution in [2.75, 3.05) is 7.11 Å². The Balaban J connectivity index is 1.44. The molecule has 1 N–H and O–H groups in total. The Morgan fingerprint density at radius 2 is 1.86 bits per heavy atom. The molecule has 0 radical (unpaired) electrons. The second kappa shape index (κ2) is 8.71. The summed E-state index contributed by atoms with van der Waals surface area (Å²) in [6.45, 7) is 2.15. The molecule has 142 valence electrons. The monoisotopic (exact) mass is 407 g/mol. The molecule has 0 fully saturated rings. The average molecular weight is 408 g/mol. The molecule has 0 saturated heterocycles. The third-order valence-corrected chi connectivity index (χ3v) is 6.62. The summed E-state index contributed by atoms with van der Waals surface area (Å²) in [4.78, 5) is 13.9. The first-order chi connectivity index (χ1) is 13.7. The first kappa shape index (κ1) is 18.9. The number of nitrogens with zero attached hydrogens (tertiary/aromatic N) is 2. The summed E-state index contributed by atoms with van der Waals surface area (Å²) in [6.07, 6.45) is 1.90. The van der Waals surface area contributed by atoms with Gasteiger partial charge in [0.15, 0.2) is 5.16 Å². The molecule has 4 rings (SSSR count). The van der Waals surface area contributed by atoms with Crippen LogP contribution in [0.25, 0.3) is 11.0 Å². The Hall–Kier alpha value is -2.44. The highest BCUT2D eigenvalue weighted by molar-refractivity contribution is 7.98. The summed E-state index contributed by atoms with van der Waals surface area (Å²) in [5.41, 5.74) is 5.60. The Morgan fingerprint density at radius 3 is 2.68 bits per heavy atom. The summed E-state index contributed by atoms with van der Waals surface area (Å²) < 4.78 is 5.28. The predicted octanol–water partition coefficient (Wildman–Crippen LogP) is 5.86. The van der Waals surface area contributed by atoms with Gasteiger partial charge in [-0.15, -0.1) is 11.8 Å². The van der Waals surface area contributed by atoms with Crippen LogP contribution in [0.4, 0.5) is 0 Å². The summed E-state index contributed by atoms with van der Waals surface area (Å²) >= 11 is 3.53. The molecule has 0 amide bonds. The van der Waals surface area contributed by atoms with Crippen molar-refractivity contribution in [1.29, 1.82) is 0 Å². The van der Waals surface area contributed by atoms with E-state index in [0.29, 0.717) is 0 Å². The number of ether oxygens (including phenoxy) is 1. The smallest absolute Gasteiger partial charge is 0.166 e. The van der Waals surface area contributed by atoms with Gasteiger partial charge in [0, 0.05) is 28.7 Å². The Bertz CT molecular complexity index is 1080. The number of pyridine rings is 1. The van der Waals surface area contributed by atoms with Gasteiger partial charge in [-0.3, -0.25) is 4.98 Å². The number of fused-ring (bicyclic) bond motifs is 1. The van der Waals surface area contributed by atoms with Gasteiger partial charge in [0.25, 0.3) is 0 Å². The molecule has 2 aromatic carbocycles. The summed E-state index contributed by atoms with van der Waals surface area (Å²) in [7, 11) is 1.67. The van der Waals surface area contributed by atoms with Crippen LogP contribution in [0.2, 0.25) is 0 Å². The molecule has 4 nitrogen and oxygen atoms in total. The Kier molecular flexibility index (Phi) is 5.88. The first-order valence-corrected chi connectivity index (χ1v) is 11.0. The van der Waals surface area contributed by atoms with Gasteiger partial charge >= 0.3 is 0 Å². The highest BCUT2D eigenvalue weighted by Gasteiger charge is 2.10. The van der Waals surface area contributed by atoms with Crippen LogP contribution < -0.4 is 4.74 Å². The zero-order valence-corrected chi connectivity index (χ0v) is 17.4. The lowest BCUT2D eigenvalue weighted by molar-refractivity contribution is 0.415. The van der Waals surface area contributed by atoms with E-state index in [9.17, 15) is 0 Å². The maximum atomic E-state index is 5.28. The Labute approximate surface area is 173 Å². The topological polar surface area (TPSA) is 50.8 Å². The number of methoxy groups -OCH3 is 1. The van der Waals surface area contributed by atoms with E-state index < -0.39 is 0 Å². The minimum absolute atomic E-state index is 0.780. The minimum Gasteiger partial charge on any atom is -0.497 e. The number of hydrogen-bond acceptors (Lipinski definition) is 5. The lowest BCUT2D eigenvalue weighted by Gasteiger charge is -2.09. The van der Waals surface area contributed by atoms with Gasteiger partial charge < -0.3 is 9.72 Å². The van der Waals surface area contributed by atoms with Gasteiger partial charge in [0.2, 0.25) is 0 Å². The molecular weight excluding hydrogens is 386 g/mol. The van der Waals surface area contributed by atoms with Crippen LogP contribution in [0, 0.1) is 6.92 Å². The normalized spacial score (nSPS) is 11.1. The molecule has 0 spiro atoms. The number of thioether (sulfide) groups is 2. The van der Waals surface area contributed by atoms with Crippen molar-refractivity contribution in [3.63, 3.8) is 0 Å². The van der Waals surface area contributed by atoms with Crippen LogP contribution in [0.3, 0.4) is 0 Å². The largest absolute Gasteiger partial charge is 0.497 e. The number of hydrogen-bond donors (Lipinski definition) is 1. The highest BCUT2D eigenvalue weighted by Crippen LogP contribution is 2.30. The number of imidazole rings is 1. The van der Waals surface area contributed by atoms with Crippen molar-refractivity contribution in [3.8, 4) is 5.75 Å². The van der Waals surface area contributed by atoms with E-state index >= 15 is 0 Å². The third kappa shape index (κ3) is 4.34. The molecule has 0 unspecified atom stereocenters. The SMILES string of the molecule is COc1ccc2nc(SCc3nccc(SCc4ccccc4)c3C)[nH]c2c1. The molecule has 0 saturated carbocycles. The lowest BCUT2D eigenvalue weighted by Crippen LogP contribution is -1.94. The summed E-state index contributed by atoms with van der Waals surface area (Å²) in [5, 5.41) is 0.895. The Morgan fingerprint density at radius 1 is 1.00 bits per heavy atom. The molecule has 2 heterocycles. The molecule has 0 bridgehead atoms. The van der Waals surface area contributed by atoms with E-state index in [1.54, 1.807) is 18.9 Å². The van der Waals surface area contributed by atoms with Crippen molar-refractivity contribution in [2.24, 2.45) is 0 Å². The van der Waals surface area contributed by atoms with E-state index in [0.717, 1.165) is 39.1 Å². The molecular formula is C22H21N3OS2. The average Bonchev–Trinajstić information content (AvgIpc) is 3.15. The van der Waals surface area contributed by atoms with Gasteiger partial charge in [-0.2, -0.15) is 0 Å². The second-order valence-electron chi connectivity index (χ2n) is 6.37. The third-order valence-electron chi connectivity index (χ3n) is 4.51. The van der Waals surface area contributed by atoms with E-state index in [1.165, 1.54) is 16.0 Å². The molecule has 6 heteroatoms. The quantitative estimate of drug-likeness (QED) is 0.389. The molecule has 0 atom stereocenters. The van der Waals surface area contributed by atoms with E-state index in [1.807, 2.05) is 36.2 Å². The predicted molar refractivity (Wildman–Crippen MR) is 117 cm³/mol. The van der Waals surface area contributed by atoms with Gasteiger partial charge in [0.05, 0.1) is 23.8 Å². The summed E-state index contributed by atoms with van der Waals surface area (Å²) in [6, 6.07) is 18.5. The standard InChI is InChI=1S/C22H21N3OS2/c1-15-20(23-11-10-21(15)27-13-16-6-4-3-5-7-16)14-28-22-24-18-9-8-17(26-2)12-19(18)25-22/h3-12H,13-14H2,1-2H3,(H,24,25). The van der Waals surface area contributed by atoms with Crippen molar-refractivity contribution < 1.29 is 4.74 Å². The van der Waals surface area contributed by atoms with E-state index in [2.05, 4.69) is 58.3 Å². The number of rotatable bonds is 7. The zero-order valence-electron chi connectivity index (χ0n) is 15.8. The summed E-state index contributed by atoms with van der Waals surface area (Å²) in [5.74, 6) is 2.57. The van der Waals surface area contributed by atoms with Gasteiger partial charge in [-0.05, 0) is 36.2 Å². The molecule has 28 heavy (non-hydrogen) atoms. The van der Waals surface area contributed by atoms with Crippen LogP contribution in [0.5, 0.6) is 5.75 Å². The lowest BCUT2D eigenvalue weighted by atomic mass is 10.2. The van der Waals surface area contributed by atoms with Crippen molar-refractivity contribution in [2.45, 2.75) is 28.5 Å². The van der Waals surface area contributed by atoms with Crippen molar-refractivity contribution in [1.82, 2.24) is 15.0 Å². The fraction of sp³-hybridized carbons (Fsp3) is 0.182. The van der Waals surface area contributed by atoms with Crippen LogP contribution in [-0.2, 0) is 11.5 Å². The maximum Gasteiger partial charge on any atom is 0.166 e. The van der Waals surface area contributed by atoms with Crippen molar-refractivity contribution >= 4 is 34.6 Å². The molecule has 0 aliphatic heterocycles. The number of nitrogens with one attached hydrogen (secondary N) is 1. The second-order valence-corrected chi connectivity index (χ2v) is 8.35. The van der Waals surface area contributed by atoms with Gasteiger partial charge in [-0.1, -0.05) is 42.1 Å². The fourth-order valence-corrected chi connectivity index (χ4v) is 4.81. The molecule has 2 aromatic heterocycles.